The standard InChI is InChI=1S/C18H19NO2S/c1-22(21)17-9-7-16(8-10-17)18(20)19-12-15(13-19)11-14-5-3-2-4-6-14/h2-10,15H,11-13H2,1H3. The highest BCUT2D eigenvalue weighted by Gasteiger charge is 2.31. The zero-order valence-electron chi connectivity index (χ0n) is 12.6. The van der Waals surface area contributed by atoms with Crippen LogP contribution >= 0.6 is 0 Å². The lowest BCUT2D eigenvalue weighted by Gasteiger charge is -2.39. The Kier molecular flexibility index (Phi) is 4.39. The first kappa shape index (κ1) is 15.0. The van der Waals surface area contributed by atoms with Gasteiger partial charge >= 0.3 is 0 Å². The fraction of sp³-hybridized carbons (Fsp3) is 0.278. The van der Waals surface area contributed by atoms with Crippen LogP contribution in [0, 0.1) is 5.92 Å². The molecule has 0 aromatic heterocycles. The Morgan fingerprint density at radius 2 is 1.73 bits per heavy atom. The van der Waals surface area contributed by atoms with Crippen molar-refractivity contribution in [3.63, 3.8) is 0 Å². The van der Waals surface area contributed by atoms with Gasteiger partial charge in [0.1, 0.15) is 0 Å². The minimum absolute atomic E-state index is 0.0674. The fourth-order valence-corrected chi connectivity index (χ4v) is 3.30. The van der Waals surface area contributed by atoms with E-state index in [1.165, 1.54) is 5.56 Å². The number of carbonyl (C=O) groups excluding carboxylic acids is 1. The molecule has 0 radical (unpaired) electrons. The van der Waals surface area contributed by atoms with Crippen molar-refractivity contribution in [2.45, 2.75) is 11.3 Å². The number of benzene rings is 2. The molecule has 4 heteroatoms. The summed E-state index contributed by atoms with van der Waals surface area (Å²) >= 11 is 0. The van der Waals surface area contributed by atoms with Crippen molar-refractivity contribution in [2.24, 2.45) is 5.92 Å². The molecule has 0 saturated carbocycles. The molecule has 2 aromatic carbocycles. The van der Waals surface area contributed by atoms with Crippen molar-refractivity contribution < 1.29 is 9.00 Å². The van der Waals surface area contributed by atoms with E-state index in [2.05, 4.69) is 24.3 Å². The molecule has 1 fully saturated rings. The second kappa shape index (κ2) is 6.44. The highest BCUT2D eigenvalue weighted by atomic mass is 32.2. The van der Waals surface area contributed by atoms with Crippen molar-refractivity contribution >= 4 is 16.7 Å². The molecular weight excluding hydrogens is 294 g/mol. The maximum atomic E-state index is 12.4. The number of nitrogens with zero attached hydrogens (tertiary/aromatic N) is 1. The van der Waals surface area contributed by atoms with E-state index in [1.807, 2.05) is 11.0 Å². The largest absolute Gasteiger partial charge is 0.338 e. The molecule has 114 valence electrons. The second-order valence-corrected chi connectivity index (χ2v) is 7.12. The molecule has 3 rings (SSSR count). The minimum atomic E-state index is -1.00. The third kappa shape index (κ3) is 3.28. The van der Waals surface area contributed by atoms with Crippen molar-refractivity contribution in [3.05, 3.63) is 65.7 Å². The number of amides is 1. The minimum Gasteiger partial charge on any atom is -0.338 e. The third-order valence-corrected chi connectivity index (χ3v) is 4.98. The molecule has 1 atom stereocenters. The van der Waals surface area contributed by atoms with Crippen LogP contribution in [0.15, 0.2) is 59.5 Å². The molecule has 0 N–H and O–H groups in total. The molecule has 1 amide bonds. The molecule has 1 aliphatic rings. The SMILES string of the molecule is CS(=O)c1ccc(C(=O)N2CC(Cc3ccccc3)C2)cc1. The first-order valence-electron chi connectivity index (χ1n) is 7.40. The molecule has 1 heterocycles. The monoisotopic (exact) mass is 313 g/mol. The van der Waals surface area contributed by atoms with Gasteiger partial charge in [-0.3, -0.25) is 9.00 Å². The van der Waals surface area contributed by atoms with Gasteiger partial charge in [-0.1, -0.05) is 30.3 Å². The smallest absolute Gasteiger partial charge is 0.253 e. The number of hydrogen-bond acceptors (Lipinski definition) is 2. The second-order valence-electron chi connectivity index (χ2n) is 5.74. The predicted molar refractivity (Wildman–Crippen MR) is 88.3 cm³/mol. The van der Waals surface area contributed by atoms with Gasteiger partial charge in [0.25, 0.3) is 5.91 Å². The van der Waals surface area contributed by atoms with Crippen LogP contribution in [0.5, 0.6) is 0 Å². The van der Waals surface area contributed by atoms with E-state index in [9.17, 15) is 9.00 Å². The maximum absolute atomic E-state index is 12.4. The van der Waals surface area contributed by atoms with E-state index in [-0.39, 0.29) is 5.91 Å². The maximum Gasteiger partial charge on any atom is 0.253 e. The summed E-state index contributed by atoms with van der Waals surface area (Å²) in [5.41, 5.74) is 2.00. The Hall–Kier alpha value is -1.94. The number of carbonyl (C=O) groups is 1. The average Bonchev–Trinajstić information content (AvgIpc) is 2.51. The van der Waals surface area contributed by atoms with E-state index >= 15 is 0 Å². The molecule has 1 aliphatic heterocycles. The third-order valence-electron chi connectivity index (χ3n) is 4.04. The van der Waals surface area contributed by atoms with Crippen molar-refractivity contribution in [2.75, 3.05) is 19.3 Å². The van der Waals surface area contributed by atoms with Crippen LogP contribution in [0.4, 0.5) is 0 Å². The average molecular weight is 313 g/mol. The summed E-state index contributed by atoms with van der Waals surface area (Å²) in [6.45, 7) is 1.63. The predicted octanol–water partition coefficient (Wildman–Crippen LogP) is 2.74. The Bertz CT molecular complexity index is 676. The summed E-state index contributed by atoms with van der Waals surface area (Å²) in [6.07, 6.45) is 2.67. The van der Waals surface area contributed by atoms with Gasteiger partial charge in [0.05, 0.1) is 0 Å². The lowest BCUT2D eigenvalue weighted by atomic mass is 9.91. The lowest BCUT2D eigenvalue weighted by molar-refractivity contribution is 0.0501. The number of hydrogen-bond donors (Lipinski definition) is 0. The summed E-state index contributed by atoms with van der Waals surface area (Å²) in [5.74, 6) is 0.617. The van der Waals surface area contributed by atoms with Crippen LogP contribution < -0.4 is 0 Å². The summed E-state index contributed by atoms with van der Waals surface area (Å²) in [5, 5.41) is 0. The van der Waals surface area contributed by atoms with Crippen molar-refractivity contribution in [1.29, 1.82) is 0 Å². The molecule has 0 bridgehead atoms. The van der Waals surface area contributed by atoms with Gasteiger partial charge in [0.2, 0.25) is 0 Å². The van der Waals surface area contributed by atoms with Crippen LogP contribution in [0.3, 0.4) is 0 Å². The normalized spacial score (nSPS) is 16.1. The molecular formula is C18H19NO2S. The van der Waals surface area contributed by atoms with E-state index in [0.717, 1.165) is 24.4 Å². The first-order chi connectivity index (χ1) is 10.6. The topological polar surface area (TPSA) is 37.4 Å². The Morgan fingerprint density at radius 3 is 2.32 bits per heavy atom. The van der Waals surface area contributed by atoms with Gasteiger partial charge < -0.3 is 4.90 Å². The number of likely N-dealkylation sites (tertiary alicyclic amines) is 1. The van der Waals surface area contributed by atoms with E-state index in [0.29, 0.717) is 11.5 Å². The zero-order valence-corrected chi connectivity index (χ0v) is 13.4. The Labute approximate surface area is 133 Å². The summed E-state index contributed by atoms with van der Waals surface area (Å²) in [4.78, 5) is 15.0. The lowest BCUT2D eigenvalue weighted by Crippen LogP contribution is -2.50. The van der Waals surface area contributed by atoms with E-state index < -0.39 is 10.8 Å². The van der Waals surface area contributed by atoms with E-state index in [4.69, 9.17) is 0 Å². The van der Waals surface area contributed by atoms with Crippen LogP contribution in [-0.4, -0.2) is 34.4 Å². The van der Waals surface area contributed by atoms with Gasteiger partial charge in [-0.2, -0.15) is 0 Å². The van der Waals surface area contributed by atoms with Crippen LogP contribution in [0.1, 0.15) is 15.9 Å². The van der Waals surface area contributed by atoms with Crippen LogP contribution in [-0.2, 0) is 17.2 Å². The molecule has 0 aliphatic carbocycles. The van der Waals surface area contributed by atoms with Gasteiger partial charge in [-0.25, -0.2) is 0 Å². The van der Waals surface area contributed by atoms with Gasteiger partial charge in [0.15, 0.2) is 0 Å². The van der Waals surface area contributed by atoms with E-state index in [1.54, 1.807) is 30.5 Å². The number of rotatable bonds is 4. The first-order valence-corrected chi connectivity index (χ1v) is 8.96. The van der Waals surface area contributed by atoms with Crippen molar-refractivity contribution in [1.82, 2.24) is 4.90 Å². The summed E-state index contributed by atoms with van der Waals surface area (Å²) in [6, 6.07) is 17.5. The molecule has 0 spiro atoms. The fourth-order valence-electron chi connectivity index (χ4n) is 2.78. The van der Waals surface area contributed by atoms with Gasteiger partial charge in [0, 0.05) is 40.6 Å². The summed E-state index contributed by atoms with van der Waals surface area (Å²) < 4.78 is 11.4. The van der Waals surface area contributed by atoms with Gasteiger partial charge in [-0.05, 0) is 42.2 Å². The Balaban J connectivity index is 1.56. The Morgan fingerprint density at radius 1 is 1.09 bits per heavy atom. The van der Waals surface area contributed by atoms with Gasteiger partial charge in [-0.15, -0.1) is 0 Å². The molecule has 1 unspecified atom stereocenters. The molecule has 2 aromatic rings. The highest BCUT2D eigenvalue weighted by molar-refractivity contribution is 7.84. The van der Waals surface area contributed by atoms with Crippen molar-refractivity contribution in [3.8, 4) is 0 Å². The highest BCUT2D eigenvalue weighted by Crippen LogP contribution is 2.22. The summed E-state index contributed by atoms with van der Waals surface area (Å²) in [7, 11) is -1.00. The zero-order chi connectivity index (χ0) is 15.5. The quantitative estimate of drug-likeness (QED) is 0.870. The molecule has 1 saturated heterocycles. The molecule has 3 nitrogen and oxygen atoms in total. The van der Waals surface area contributed by atoms with Crippen LogP contribution in [0.2, 0.25) is 0 Å². The van der Waals surface area contributed by atoms with Crippen LogP contribution in [0.25, 0.3) is 0 Å². The molecule has 22 heavy (non-hydrogen) atoms.